The minimum atomic E-state index is -0.472. The van der Waals surface area contributed by atoms with Gasteiger partial charge in [-0.15, -0.1) is 0 Å². The highest BCUT2D eigenvalue weighted by Gasteiger charge is 2.23. The van der Waals surface area contributed by atoms with Crippen LogP contribution in [0, 0.1) is 0 Å². The van der Waals surface area contributed by atoms with Gasteiger partial charge in [-0.25, -0.2) is 9.97 Å². The van der Waals surface area contributed by atoms with Crippen LogP contribution in [-0.2, 0) is 11.8 Å². The van der Waals surface area contributed by atoms with Crippen molar-refractivity contribution >= 4 is 33.9 Å². The molecule has 0 aliphatic carbocycles. The van der Waals surface area contributed by atoms with Crippen LogP contribution in [0.5, 0.6) is 5.75 Å². The zero-order valence-corrected chi connectivity index (χ0v) is 16.7. The maximum absolute atomic E-state index is 13.0. The molecule has 1 aromatic carbocycles. The molecule has 4 rings (SSSR count). The van der Waals surface area contributed by atoms with E-state index in [0.29, 0.717) is 42.8 Å². The molecule has 156 valence electrons. The second-order valence-corrected chi connectivity index (χ2v) is 6.85. The summed E-state index contributed by atoms with van der Waals surface area (Å²) in [5, 5.41) is 3.58. The Kier molecular flexibility index (Phi) is 5.23. The van der Waals surface area contributed by atoms with E-state index in [1.165, 1.54) is 30.4 Å². The molecule has 0 atom stereocenters. The fraction of sp³-hybridized carbons (Fsp3) is 0.300. The number of hydrogen-bond acceptors (Lipinski definition) is 8. The van der Waals surface area contributed by atoms with Crippen molar-refractivity contribution in [1.82, 2.24) is 14.5 Å². The maximum Gasteiger partial charge on any atom is 0.260 e. The van der Waals surface area contributed by atoms with Gasteiger partial charge in [0.1, 0.15) is 12.1 Å². The number of carbonyl (C=O) groups is 1. The van der Waals surface area contributed by atoms with Crippen molar-refractivity contribution in [2.24, 2.45) is 7.05 Å². The van der Waals surface area contributed by atoms with Crippen molar-refractivity contribution in [2.45, 2.75) is 0 Å². The summed E-state index contributed by atoms with van der Waals surface area (Å²) in [6.07, 6.45) is 4.10. The van der Waals surface area contributed by atoms with Crippen molar-refractivity contribution in [3.05, 3.63) is 46.8 Å². The third-order valence-corrected chi connectivity index (χ3v) is 5.14. The fourth-order valence-corrected chi connectivity index (χ4v) is 3.61. The van der Waals surface area contributed by atoms with Crippen LogP contribution >= 0.6 is 0 Å². The molecule has 1 saturated heterocycles. The molecule has 10 heteroatoms. The molecule has 1 aliphatic heterocycles. The number of aromatic nitrogens is 3. The number of carbonyl (C=O) groups excluding carboxylic acids is 1. The topological polar surface area (TPSA) is 125 Å². The molecular weight excluding hydrogens is 388 g/mol. The number of nitrogens with zero attached hydrogens (tertiary/aromatic N) is 4. The lowest BCUT2D eigenvalue weighted by Crippen LogP contribution is -2.36. The van der Waals surface area contributed by atoms with Gasteiger partial charge in [0, 0.05) is 32.5 Å². The monoisotopic (exact) mass is 410 g/mol. The predicted molar refractivity (Wildman–Crippen MR) is 113 cm³/mol. The summed E-state index contributed by atoms with van der Waals surface area (Å²) in [6.45, 7) is 2.61. The number of hydrogen-bond donors (Lipinski definition) is 2. The molecule has 3 heterocycles. The predicted octanol–water partition coefficient (Wildman–Crippen LogP) is 1.01. The van der Waals surface area contributed by atoms with Crippen LogP contribution in [0.3, 0.4) is 0 Å². The van der Waals surface area contributed by atoms with Crippen molar-refractivity contribution < 1.29 is 14.3 Å². The number of methoxy groups -OCH3 is 1. The lowest BCUT2D eigenvalue weighted by Gasteiger charge is -2.30. The van der Waals surface area contributed by atoms with Gasteiger partial charge in [0.05, 0.1) is 48.0 Å². The summed E-state index contributed by atoms with van der Waals surface area (Å²) in [7, 11) is 3.09. The summed E-state index contributed by atoms with van der Waals surface area (Å²) >= 11 is 0. The Morgan fingerprint density at radius 1 is 1.23 bits per heavy atom. The van der Waals surface area contributed by atoms with E-state index >= 15 is 0 Å². The second kappa shape index (κ2) is 7.99. The summed E-state index contributed by atoms with van der Waals surface area (Å²) in [6, 6.07) is 3.59. The van der Waals surface area contributed by atoms with Gasteiger partial charge in [-0.05, 0) is 12.1 Å². The van der Waals surface area contributed by atoms with Gasteiger partial charge in [0.15, 0.2) is 5.75 Å². The average Bonchev–Trinajstić information content (AvgIpc) is 2.80. The van der Waals surface area contributed by atoms with Gasteiger partial charge in [-0.1, -0.05) is 0 Å². The standard InChI is InChI=1S/C20H22N6O4/c1-25-18(24-19(27)12-9-22-11-23-10-12)16(21)15-13(20(25)28)3-4-14(17(15)29-2)26-5-7-30-8-6-26/h3-4,9-11H,5-8,21H2,1-2H3,(H,24,27). The molecule has 30 heavy (non-hydrogen) atoms. The quantitative estimate of drug-likeness (QED) is 0.653. The van der Waals surface area contributed by atoms with E-state index in [1.54, 1.807) is 13.1 Å². The highest BCUT2D eigenvalue weighted by molar-refractivity contribution is 6.10. The first-order chi connectivity index (χ1) is 14.5. The minimum absolute atomic E-state index is 0.179. The number of anilines is 3. The molecule has 1 amide bonds. The van der Waals surface area contributed by atoms with E-state index in [4.69, 9.17) is 15.2 Å². The number of nitrogen functional groups attached to an aromatic ring is 1. The lowest BCUT2D eigenvalue weighted by molar-refractivity contribution is 0.102. The zero-order chi connectivity index (χ0) is 21.3. The first-order valence-corrected chi connectivity index (χ1v) is 9.41. The number of morpholine rings is 1. The largest absolute Gasteiger partial charge is 0.494 e. The number of pyridine rings is 1. The third-order valence-electron chi connectivity index (χ3n) is 5.14. The SMILES string of the molecule is COc1c(N2CCOCC2)ccc2c(=O)n(C)c(NC(=O)c3cncnc3)c(N)c12. The average molecular weight is 410 g/mol. The van der Waals surface area contributed by atoms with E-state index in [1.807, 2.05) is 6.07 Å². The van der Waals surface area contributed by atoms with E-state index in [2.05, 4.69) is 20.2 Å². The van der Waals surface area contributed by atoms with Crippen LogP contribution in [0.15, 0.2) is 35.6 Å². The molecule has 0 spiro atoms. The van der Waals surface area contributed by atoms with E-state index < -0.39 is 5.91 Å². The van der Waals surface area contributed by atoms with Crippen molar-refractivity contribution in [3.63, 3.8) is 0 Å². The van der Waals surface area contributed by atoms with Crippen LogP contribution in [0.4, 0.5) is 17.2 Å². The molecule has 0 radical (unpaired) electrons. The molecule has 2 aromatic heterocycles. The number of nitrogens with one attached hydrogen (secondary N) is 1. The second-order valence-electron chi connectivity index (χ2n) is 6.85. The molecule has 1 fully saturated rings. The Morgan fingerprint density at radius 3 is 2.60 bits per heavy atom. The molecule has 0 saturated carbocycles. The molecule has 0 bridgehead atoms. The van der Waals surface area contributed by atoms with Crippen LogP contribution in [-0.4, -0.2) is 53.9 Å². The molecular formula is C20H22N6O4. The molecule has 3 N–H and O–H groups in total. The van der Waals surface area contributed by atoms with Crippen molar-refractivity contribution in [3.8, 4) is 5.75 Å². The maximum atomic E-state index is 13.0. The first kappa shape index (κ1) is 19.6. The number of nitrogens with two attached hydrogens (primary N) is 1. The molecule has 10 nitrogen and oxygen atoms in total. The minimum Gasteiger partial charge on any atom is -0.494 e. The number of fused-ring (bicyclic) bond motifs is 1. The van der Waals surface area contributed by atoms with Crippen LogP contribution in [0.25, 0.3) is 10.8 Å². The van der Waals surface area contributed by atoms with Crippen LogP contribution in [0.1, 0.15) is 10.4 Å². The lowest BCUT2D eigenvalue weighted by atomic mass is 10.1. The third kappa shape index (κ3) is 3.30. The Bertz CT molecular complexity index is 1160. The van der Waals surface area contributed by atoms with Gasteiger partial charge in [0.25, 0.3) is 11.5 Å². The Morgan fingerprint density at radius 2 is 1.93 bits per heavy atom. The molecule has 3 aromatic rings. The Labute approximate surface area is 172 Å². The number of rotatable bonds is 4. The number of amides is 1. The van der Waals surface area contributed by atoms with Gasteiger partial charge < -0.3 is 25.4 Å². The number of ether oxygens (including phenoxy) is 2. The summed E-state index contributed by atoms with van der Waals surface area (Å²) in [5.41, 5.74) is 7.47. The van der Waals surface area contributed by atoms with E-state index in [9.17, 15) is 9.59 Å². The van der Waals surface area contributed by atoms with Crippen LogP contribution < -0.4 is 26.2 Å². The highest BCUT2D eigenvalue weighted by Crippen LogP contribution is 2.40. The van der Waals surface area contributed by atoms with Crippen LogP contribution in [0.2, 0.25) is 0 Å². The molecule has 1 aliphatic rings. The van der Waals surface area contributed by atoms with E-state index in [0.717, 1.165) is 5.69 Å². The fourth-order valence-electron chi connectivity index (χ4n) is 3.61. The Balaban J connectivity index is 1.87. The van der Waals surface area contributed by atoms with Crippen molar-refractivity contribution in [2.75, 3.05) is 49.4 Å². The summed E-state index contributed by atoms with van der Waals surface area (Å²) in [4.78, 5) is 35.4. The normalized spacial score (nSPS) is 14.0. The first-order valence-electron chi connectivity index (χ1n) is 9.41. The van der Waals surface area contributed by atoms with Crippen molar-refractivity contribution in [1.29, 1.82) is 0 Å². The smallest absolute Gasteiger partial charge is 0.260 e. The summed E-state index contributed by atoms with van der Waals surface area (Å²) in [5.74, 6) is 0.196. The highest BCUT2D eigenvalue weighted by atomic mass is 16.5. The van der Waals surface area contributed by atoms with E-state index in [-0.39, 0.29) is 22.6 Å². The summed E-state index contributed by atoms with van der Waals surface area (Å²) < 4.78 is 12.4. The number of benzene rings is 1. The van der Waals surface area contributed by atoms with Gasteiger partial charge >= 0.3 is 0 Å². The zero-order valence-electron chi connectivity index (χ0n) is 16.7. The van der Waals surface area contributed by atoms with Gasteiger partial charge in [-0.3, -0.25) is 14.2 Å². The Hall–Kier alpha value is -3.66. The van der Waals surface area contributed by atoms with Gasteiger partial charge in [0.2, 0.25) is 0 Å². The molecule has 0 unspecified atom stereocenters. The van der Waals surface area contributed by atoms with Gasteiger partial charge in [-0.2, -0.15) is 0 Å².